The number of aromatic nitrogens is 3. The van der Waals surface area contributed by atoms with Gasteiger partial charge < -0.3 is 14.2 Å². The van der Waals surface area contributed by atoms with Gasteiger partial charge in [-0.25, -0.2) is 14.8 Å². The monoisotopic (exact) mass is 378 g/mol. The number of rotatable bonds is 4. The van der Waals surface area contributed by atoms with Crippen molar-refractivity contribution in [3.63, 3.8) is 0 Å². The Balaban J connectivity index is 1.52. The fourth-order valence-electron chi connectivity index (χ4n) is 3.67. The Hall–Kier alpha value is -3.22. The maximum Gasteiger partial charge on any atom is 0.410 e. The Bertz CT molecular complexity index is 999. The van der Waals surface area contributed by atoms with Gasteiger partial charge in [-0.1, -0.05) is 30.3 Å². The minimum atomic E-state index is -0.338. The van der Waals surface area contributed by atoms with E-state index in [1.165, 1.54) is 6.92 Å². The van der Waals surface area contributed by atoms with Gasteiger partial charge in [-0.2, -0.15) is 0 Å². The summed E-state index contributed by atoms with van der Waals surface area (Å²) in [7, 11) is 0. The first-order chi connectivity index (χ1) is 13.6. The third-order valence-electron chi connectivity index (χ3n) is 4.99. The zero-order valence-corrected chi connectivity index (χ0v) is 15.7. The van der Waals surface area contributed by atoms with Crippen molar-refractivity contribution in [2.24, 2.45) is 0 Å². The SMILES string of the molecule is CC(=O)c1nc2cccnc2n1[C@H]1CCCN(C(=O)OCc2ccccc2)C1. The van der Waals surface area contributed by atoms with Gasteiger partial charge in [0, 0.05) is 26.2 Å². The number of ether oxygens (including phenoxy) is 1. The summed E-state index contributed by atoms with van der Waals surface area (Å²) < 4.78 is 7.36. The third kappa shape index (κ3) is 3.60. The number of benzene rings is 1. The number of likely N-dealkylation sites (tertiary alicyclic amines) is 1. The summed E-state index contributed by atoms with van der Waals surface area (Å²) in [4.78, 5) is 35.3. The number of fused-ring (bicyclic) bond motifs is 1. The molecule has 3 heterocycles. The van der Waals surface area contributed by atoms with E-state index in [9.17, 15) is 9.59 Å². The molecule has 144 valence electrons. The van der Waals surface area contributed by atoms with Gasteiger partial charge in [0.15, 0.2) is 17.3 Å². The number of carbonyl (C=O) groups is 2. The predicted octanol–water partition coefficient (Wildman–Crippen LogP) is 3.61. The van der Waals surface area contributed by atoms with Gasteiger partial charge in [-0.3, -0.25) is 4.79 Å². The van der Waals surface area contributed by atoms with Crippen LogP contribution in [0.25, 0.3) is 11.2 Å². The summed E-state index contributed by atoms with van der Waals surface area (Å²) >= 11 is 0. The van der Waals surface area contributed by atoms with E-state index in [1.807, 2.05) is 41.0 Å². The van der Waals surface area contributed by atoms with E-state index < -0.39 is 0 Å². The standard InChI is InChI=1S/C21H22N4O3/c1-15(26)19-23-18-10-5-11-22-20(18)25(19)17-9-6-12-24(13-17)21(27)28-14-16-7-3-2-4-8-16/h2-5,7-8,10-11,17H,6,9,12-14H2,1H3/t17-/m0/s1. The quantitative estimate of drug-likeness (QED) is 0.648. The van der Waals surface area contributed by atoms with Crippen LogP contribution in [-0.4, -0.2) is 44.4 Å². The van der Waals surface area contributed by atoms with Crippen LogP contribution in [0.15, 0.2) is 48.7 Å². The smallest absolute Gasteiger partial charge is 0.410 e. The van der Waals surface area contributed by atoms with Crippen LogP contribution in [0.1, 0.15) is 42.0 Å². The number of hydrogen-bond donors (Lipinski definition) is 0. The van der Waals surface area contributed by atoms with E-state index in [2.05, 4.69) is 9.97 Å². The Morgan fingerprint density at radius 1 is 1.18 bits per heavy atom. The molecule has 0 spiro atoms. The van der Waals surface area contributed by atoms with Crippen molar-refractivity contribution in [2.45, 2.75) is 32.4 Å². The van der Waals surface area contributed by atoms with Crippen LogP contribution in [-0.2, 0) is 11.3 Å². The second-order valence-electron chi connectivity index (χ2n) is 6.99. The average Bonchev–Trinajstić information content (AvgIpc) is 3.13. The number of pyridine rings is 1. The maximum absolute atomic E-state index is 12.6. The molecule has 1 fully saturated rings. The van der Waals surface area contributed by atoms with E-state index in [0.717, 1.165) is 18.4 Å². The minimum Gasteiger partial charge on any atom is -0.445 e. The molecule has 1 atom stereocenters. The van der Waals surface area contributed by atoms with Gasteiger partial charge in [0.05, 0.1) is 6.04 Å². The Labute approximate surface area is 163 Å². The molecule has 0 aliphatic carbocycles. The van der Waals surface area contributed by atoms with Crippen LogP contribution >= 0.6 is 0 Å². The molecular formula is C21H22N4O3. The first kappa shape index (κ1) is 18.2. The van der Waals surface area contributed by atoms with Crippen molar-refractivity contribution in [3.8, 4) is 0 Å². The van der Waals surface area contributed by atoms with Crippen LogP contribution in [0.5, 0.6) is 0 Å². The number of ketones is 1. The molecular weight excluding hydrogens is 356 g/mol. The predicted molar refractivity (Wildman–Crippen MR) is 104 cm³/mol. The van der Waals surface area contributed by atoms with Crippen molar-refractivity contribution in [3.05, 3.63) is 60.0 Å². The highest BCUT2D eigenvalue weighted by molar-refractivity contribution is 5.94. The normalized spacial score (nSPS) is 16.9. The highest BCUT2D eigenvalue weighted by Gasteiger charge is 2.29. The molecule has 1 aliphatic heterocycles. The Morgan fingerprint density at radius 2 is 2.00 bits per heavy atom. The van der Waals surface area contributed by atoms with E-state index >= 15 is 0 Å². The molecule has 0 radical (unpaired) electrons. The molecule has 0 bridgehead atoms. The fourth-order valence-corrected chi connectivity index (χ4v) is 3.67. The molecule has 1 amide bonds. The van der Waals surface area contributed by atoms with Gasteiger partial charge in [-0.05, 0) is 30.5 Å². The van der Waals surface area contributed by atoms with Crippen LogP contribution < -0.4 is 0 Å². The third-order valence-corrected chi connectivity index (χ3v) is 4.99. The Kier molecular flexibility index (Phi) is 5.06. The van der Waals surface area contributed by atoms with E-state index in [0.29, 0.717) is 30.1 Å². The number of piperidine rings is 1. The number of nitrogens with zero attached hydrogens (tertiary/aromatic N) is 4. The summed E-state index contributed by atoms with van der Waals surface area (Å²) in [6.07, 6.45) is 3.04. The molecule has 0 N–H and O–H groups in total. The number of Topliss-reactive ketones (excluding diaryl/α,β-unsaturated/α-hetero) is 1. The number of imidazole rings is 1. The zero-order chi connectivity index (χ0) is 19.5. The Morgan fingerprint density at radius 3 is 2.79 bits per heavy atom. The van der Waals surface area contributed by atoms with Gasteiger partial charge >= 0.3 is 6.09 Å². The van der Waals surface area contributed by atoms with Crippen LogP contribution in [0.2, 0.25) is 0 Å². The lowest BCUT2D eigenvalue weighted by molar-refractivity contribution is 0.0799. The number of amides is 1. The highest BCUT2D eigenvalue weighted by atomic mass is 16.6. The fraction of sp³-hybridized carbons (Fsp3) is 0.333. The van der Waals surface area contributed by atoms with Crippen molar-refractivity contribution < 1.29 is 14.3 Å². The highest BCUT2D eigenvalue weighted by Crippen LogP contribution is 2.27. The molecule has 1 aromatic carbocycles. The van der Waals surface area contributed by atoms with E-state index in [4.69, 9.17) is 4.74 Å². The number of hydrogen-bond acceptors (Lipinski definition) is 5. The minimum absolute atomic E-state index is 0.0585. The lowest BCUT2D eigenvalue weighted by Crippen LogP contribution is -2.41. The van der Waals surface area contributed by atoms with Crippen molar-refractivity contribution >= 4 is 23.0 Å². The summed E-state index contributed by atoms with van der Waals surface area (Å²) in [5.41, 5.74) is 2.32. The average molecular weight is 378 g/mol. The van der Waals surface area contributed by atoms with Crippen molar-refractivity contribution in [2.75, 3.05) is 13.1 Å². The summed E-state index contributed by atoms with van der Waals surface area (Å²) in [5.74, 6) is 0.278. The molecule has 0 unspecified atom stereocenters. The molecule has 4 rings (SSSR count). The summed E-state index contributed by atoms with van der Waals surface area (Å²) in [6, 6.07) is 13.2. The molecule has 7 nitrogen and oxygen atoms in total. The molecule has 1 saturated heterocycles. The van der Waals surface area contributed by atoms with Gasteiger partial charge in [-0.15, -0.1) is 0 Å². The second kappa shape index (κ2) is 7.80. The largest absolute Gasteiger partial charge is 0.445 e. The van der Waals surface area contributed by atoms with Crippen molar-refractivity contribution in [1.82, 2.24) is 19.4 Å². The van der Waals surface area contributed by atoms with Crippen molar-refractivity contribution in [1.29, 1.82) is 0 Å². The first-order valence-corrected chi connectivity index (χ1v) is 9.43. The molecule has 7 heteroatoms. The van der Waals surface area contributed by atoms with Crippen LogP contribution in [0.4, 0.5) is 4.79 Å². The zero-order valence-electron chi connectivity index (χ0n) is 15.7. The first-order valence-electron chi connectivity index (χ1n) is 9.43. The summed E-state index contributed by atoms with van der Waals surface area (Å²) in [6.45, 7) is 2.86. The second-order valence-corrected chi connectivity index (χ2v) is 6.99. The lowest BCUT2D eigenvalue weighted by atomic mass is 10.1. The van der Waals surface area contributed by atoms with E-state index in [-0.39, 0.29) is 24.5 Å². The molecule has 2 aromatic heterocycles. The van der Waals surface area contributed by atoms with E-state index in [1.54, 1.807) is 17.2 Å². The van der Waals surface area contributed by atoms with Gasteiger partial charge in [0.1, 0.15) is 12.1 Å². The molecule has 28 heavy (non-hydrogen) atoms. The topological polar surface area (TPSA) is 77.3 Å². The van der Waals surface area contributed by atoms with Crippen LogP contribution in [0.3, 0.4) is 0 Å². The lowest BCUT2D eigenvalue weighted by Gasteiger charge is -2.33. The number of carbonyl (C=O) groups excluding carboxylic acids is 2. The van der Waals surface area contributed by atoms with Crippen LogP contribution in [0, 0.1) is 0 Å². The maximum atomic E-state index is 12.6. The summed E-state index contributed by atoms with van der Waals surface area (Å²) in [5, 5.41) is 0. The van der Waals surface area contributed by atoms with Gasteiger partial charge in [0.25, 0.3) is 0 Å². The molecule has 3 aromatic rings. The van der Waals surface area contributed by atoms with Gasteiger partial charge in [0.2, 0.25) is 0 Å². The molecule has 0 saturated carbocycles. The molecule has 1 aliphatic rings.